The fraction of sp³-hybridized carbons (Fsp3) is 0.407. The number of nitrogens with one attached hydrogen (secondary N) is 2. The molecule has 4 aromatic rings. The van der Waals surface area contributed by atoms with Crippen LogP contribution in [-0.4, -0.2) is 145 Å². The molecular formula is C59H69N5O17. The Kier molecular flexibility index (Phi) is 19.7. The average molecular weight is 1120 g/mol. The molecule has 2 saturated heterocycles. The first-order valence-corrected chi connectivity index (χ1v) is 26.2. The van der Waals surface area contributed by atoms with Crippen LogP contribution in [-0.2, 0) is 50.4 Å². The molecule has 22 nitrogen and oxygen atoms in total. The second-order valence-corrected chi connectivity index (χ2v) is 20.6. The second-order valence-electron chi connectivity index (χ2n) is 20.6. The molecule has 3 heterocycles. The number of likely N-dealkylation sites (tertiary alicyclic amines) is 2. The number of Topliss-reactive ketones (excluding diaryl/α,β-unsaturated/α-hetero) is 1. The highest BCUT2D eigenvalue weighted by molar-refractivity contribution is 6.23. The van der Waals surface area contributed by atoms with Crippen LogP contribution < -0.4 is 29.6 Å². The number of benzene rings is 3. The minimum atomic E-state index is -0.892. The zero-order chi connectivity index (χ0) is 58.7. The number of ketones is 2. The van der Waals surface area contributed by atoms with E-state index >= 15 is 0 Å². The number of esters is 1. The number of methoxy groups -OCH3 is 3. The van der Waals surface area contributed by atoms with Crippen LogP contribution in [0.25, 0.3) is 0 Å². The Balaban J connectivity index is 0.956. The van der Waals surface area contributed by atoms with E-state index in [4.69, 9.17) is 37.9 Å². The molecule has 1 aliphatic carbocycles. The van der Waals surface area contributed by atoms with E-state index in [0.717, 1.165) is 17.2 Å². The summed E-state index contributed by atoms with van der Waals surface area (Å²) in [6.07, 6.45) is 1.91. The Morgan fingerprint density at radius 2 is 1.19 bits per heavy atom. The first-order chi connectivity index (χ1) is 38.6. The first kappa shape index (κ1) is 60.0. The van der Waals surface area contributed by atoms with Gasteiger partial charge in [0.05, 0.1) is 100 Å². The molecule has 0 spiro atoms. The van der Waals surface area contributed by atoms with Gasteiger partial charge < -0.3 is 62.5 Å². The summed E-state index contributed by atoms with van der Waals surface area (Å²) in [6, 6.07) is 13.1. The van der Waals surface area contributed by atoms with Crippen LogP contribution in [0.5, 0.6) is 23.0 Å². The molecule has 2 atom stereocenters. The lowest BCUT2D eigenvalue weighted by Gasteiger charge is -2.25. The molecule has 3 aliphatic rings. The average Bonchev–Trinajstić information content (AvgIpc) is 4.12. The number of rotatable bonds is 23. The van der Waals surface area contributed by atoms with E-state index in [9.17, 15) is 43.8 Å². The molecule has 1 aromatic heterocycles. The van der Waals surface area contributed by atoms with Crippen molar-refractivity contribution in [3.05, 3.63) is 130 Å². The SMILES string of the molecule is C=C1C[C@@H](CO)N(C(=O)c2cc(OC)c(OCCCCCOc3cc(NC(=O)OC(C)(C)C)c(C(=O)N4CC(=C)C[C@H]4CO)cc3OC)cc2NC(=O)OCc2ccc(CC(=O)OCc3cc4c(n3C)C(=O)C=C(OC)C4=O)cc2)C1. The molecule has 432 valence electrons. The number of fused-ring (bicyclic) bond motifs is 1. The molecule has 81 heavy (non-hydrogen) atoms. The summed E-state index contributed by atoms with van der Waals surface area (Å²) in [4.78, 5) is 95.7. The number of nitrogens with zero attached hydrogens (tertiary/aromatic N) is 3. The molecule has 0 bridgehead atoms. The summed E-state index contributed by atoms with van der Waals surface area (Å²) in [7, 11) is 5.76. The molecule has 4 N–H and O–H groups in total. The van der Waals surface area contributed by atoms with Crippen LogP contribution in [0.2, 0.25) is 0 Å². The van der Waals surface area contributed by atoms with E-state index in [1.54, 1.807) is 52.1 Å². The van der Waals surface area contributed by atoms with Crippen LogP contribution in [0, 0.1) is 0 Å². The number of ether oxygens (including phenoxy) is 8. The van der Waals surface area contributed by atoms with Crippen molar-refractivity contribution in [1.29, 1.82) is 0 Å². The lowest BCUT2D eigenvalue weighted by Crippen LogP contribution is -2.38. The Bertz CT molecular complexity index is 3120. The van der Waals surface area contributed by atoms with Gasteiger partial charge in [-0.1, -0.05) is 48.6 Å². The number of hydrogen-bond donors (Lipinski definition) is 4. The summed E-state index contributed by atoms with van der Waals surface area (Å²) in [5.74, 6) is -1.46. The quantitative estimate of drug-likeness (QED) is 0.0242. The molecule has 3 aromatic carbocycles. The highest BCUT2D eigenvalue weighted by Gasteiger charge is 2.36. The first-order valence-electron chi connectivity index (χ1n) is 26.2. The smallest absolute Gasteiger partial charge is 0.412 e. The normalized spacial score (nSPS) is 15.9. The molecular weight excluding hydrogens is 1050 g/mol. The van der Waals surface area contributed by atoms with E-state index < -0.39 is 59.2 Å². The van der Waals surface area contributed by atoms with Gasteiger partial charge in [-0.2, -0.15) is 0 Å². The van der Waals surface area contributed by atoms with E-state index in [-0.39, 0.29) is 122 Å². The van der Waals surface area contributed by atoms with Crippen molar-refractivity contribution >= 4 is 52.9 Å². The third kappa shape index (κ3) is 14.8. The number of allylic oxidation sites excluding steroid dienone is 2. The van der Waals surface area contributed by atoms with Crippen molar-refractivity contribution in [2.75, 3.05) is 71.5 Å². The monoisotopic (exact) mass is 1120 g/mol. The maximum atomic E-state index is 14.1. The molecule has 0 unspecified atom stereocenters. The van der Waals surface area contributed by atoms with Gasteiger partial charge in [-0.05, 0) is 82.2 Å². The van der Waals surface area contributed by atoms with Gasteiger partial charge in [-0.25, -0.2) is 9.59 Å². The number of amides is 4. The van der Waals surface area contributed by atoms with E-state index in [0.29, 0.717) is 48.9 Å². The van der Waals surface area contributed by atoms with Gasteiger partial charge >= 0.3 is 18.2 Å². The minimum Gasteiger partial charge on any atom is -0.493 e. The van der Waals surface area contributed by atoms with Gasteiger partial charge in [0.15, 0.2) is 28.8 Å². The summed E-state index contributed by atoms with van der Waals surface area (Å²) >= 11 is 0. The number of carbonyl (C=O) groups excluding carboxylic acids is 7. The van der Waals surface area contributed by atoms with E-state index in [1.807, 2.05) is 0 Å². The molecule has 4 amide bonds. The number of unbranched alkanes of at least 4 members (excludes halogenated alkanes) is 2. The maximum absolute atomic E-state index is 14.1. The second kappa shape index (κ2) is 26.6. The largest absolute Gasteiger partial charge is 0.493 e. The van der Waals surface area contributed by atoms with Crippen molar-refractivity contribution in [2.45, 2.75) is 90.2 Å². The highest BCUT2D eigenvalue weighted by Crippen LogP contribution is 2.38. The Morgan fingerprint density at radius 3 is 1.68 bits per heavy atom. The summed E-state index contributed by atoms with van der Waals surface area (Å²) in [5.41, 5.74) is 3.06. The topological polar surface area (TPSA) is 269 Å². The number of aliphatic hydroxyl groups excluding tert-OH is 2. The van der Waals surface area contributed by atoms with Crippen LogP contribution in [0.3, 0.4) is 0 Å². The van der Waals surface area contributed by atoms with Gasteiger partial charge in [0.1, 0.15) is 24.5 Å². The van der Waals surface area contributed by atoms with Gasteiger partial charge in [-0.3, -0.25) is 34.6 Å². The summed E-state index contributed by atoms with van der Waals surface area (Å²) in [5, 5.41) is 25.5. The Labute approximate surface area is 469 Å². The van der Waals surface area contributed by atoms with E-state index in [2.05, 4.69) is 23.8 Å². The van der Waals surface area contributed by atoms with Crippen LogP contribution in [0.15, 0.2) is 90.7 Å². The summed E-state index contributed by atoms with van der Waals surface area (Å²) in [6.45, 7) is 13.1. The van der Waals surface area contributed by atoms with Crippen molar-refractivity contribution in [2.24, 2.45) is 7.05 Å². The fourth-order valence-electron chi connectivity index (χ4n) is 9.47. The zero-order valence-electron chi connectivity index (χ0n) is 46.6. The highest BCUT2D eigenvalue weighted by atomic mass is 16.6. The lowest BCUT2D eigenvalue weighted by molar-refractivity contribution is -0.144. The maximum Gasteiger partial charge on any atom is 0.412 e. The molecule has 2 aliphatic heterocycles. The number of carbonyl (C=O) groups is 7. The third-order valence-corrected chi connectivity index (χ3v) is 13.5. The number of hydrogen-bond acceptors (Lipinski definition) is 17. The van der Waals surface area contributed by atoms with Crippen LogP contribution in [0.4, 0.5) is 21.0 Å². The van der Waals surface area contributed by atoms with Crippen molar-refractivity contribution < 1.29 is 81.7 Å². The molecule has 7 rings (SSSR count). The Hall–Kier alpha value is -8.63. The molecule has 0 saturated carbocycles. The van der Waals surface area contributed by atoms with Gasteiger partial charge in [0, 0.05) is 38.3 Å². The van der Waals surface area contributed by atoms with Gasteiger partial charge in [0.2, 0.25) is 11.6 Å². The number of anilines is 2. The van der Waals surface area contributed by atoms with Crippen LogP contribution in [0.1, 0.15) is 111 Å². The lowest BCUT2D eigenvalue weighted by atomic mass is 10.0. The minimum absolute atomic E-state index is 0.0530. The van der Waals surface area contributed by atoms with Gasteiger partial charge in [0.25, 0.3) is 11.8 Å². The number of aliphatic hydroxyl groups is 2. The third-order valence-electron chi connectivity index (χ3n) is 13.5. The predicted molar refractivity (Wildman–Crippen MR) is 295 cm³/mol. The van der Waals surface area contributed by atoms with E-state index in [1.165, 1.54) is 66.0 Å². The van der Waals surface area contributed by atoms with Crippen LogP contribution >= 0.6 is 0 Å². The van der Waals surface area contributed by atoms with Crippen molar-refractivity contribution in [3.63, 3.8) is 0 Å². The molecule has 2 fully saturated rings. The Morgan fingerprint density at radius 1 is 0.667 bits per heavy atom. The standard InChI is InChI=1S/C59H69N5O17/c1-34-19-38(30-65)63(28-34)55(70)41-23-47(74-7)49(77-17-11-10-12-18-78-50-26-45(61-58(73)81-59(3,4)5)42(24-48(50)75-8)56(71)64-29-35(2)20-39(64)31-66)25-44(41)60-57(72)80-32-37-15-13-36(14-16-37)21-52(68)79-33-40-22-43-53(62(40)6)46(67)27-51(76-9)54(43)69/h13-16,22-27,38-39,65-66H,1-2,10-12,17-21,28-33H2,3-9H3,(H,60,72)(H,61,73)/t38-,39-/m0/s1. The van der Waals surface area contributed by atoms with Crippen molar-refractivity contribution in [3.8, 4) is 23.0 Å². The van der Waals surface area contributed by atoms with Gasteiger partial charge in [-0.15, -0.1) is 0 Å². The molecule has 22 heteroatoms. The number of aromatic nitrogens is 1. The van der Waals surface area contributed by atoms with Crippen molar-refractivity contribution in [1.82, 2.24) is 14.4 Å². The fourth-order valence-corrected chi connectivity index (χ4v) is 9.47. The summed E-state index contributed by atoms with van der Waals surface area (Å²) < 4.78 is 46.7. The molecule has 0 radical (unpaired) electrons. The predicted octanol–water partition coefficient (Wildman–Crippen LogP) is 7.49. The zero-order valence-corrected chi connectivity index (χ0v) is 46.6.